The van der Waals surface area contributed by atoms with Crippen LogP contribution in [0.4, 0.5) is 5.69 Å². The average molecular weight is 548 g/mol. The monoisotopic (exact) mass is 547 g/mol. The second-order valence-corrected chi connectivity index (χ2v) is 10.7. The number of carbonyl (C=O) groups is 1. The van der Waals surface area contributed by atoms with Crippen molar-refractivity contribution < 1.29 is 17.9 Å². The maximum absolute atomic E-state index is 13.9. The van der Waals surface area contributed by atoms with E-state index >= 15 is 0 Å². The summed E-state index contributed by atoms with van der Waals surface area (Å²) in [6, 6.07) is 27.2. The Morgan fingerprint density at radius 2 is 1.61 bits per heavy atom. The number of halogens is 1. The molecule has 0 atom stereocenters. The molecule has 4 aromatic rings. The maximum Gasteiger partial charge on any atom is 0.273 e. The number of hydrogen-bond donors (Lipinski definition) is 1. The lowest BCUT2D eigenvalue weighted by Crippen LogP contribution is -2.33. The van der Waals surface area contributed by atoms with E-state index in [0.29, 0.717) is 21.9 Å². The number of benzene rings is 4. The molecule has 1 amide bonds. The molecule has 0 aliphatic heterocycles. The Morgan fingerprint density at radius 3 is 2.32 bits per heavy atom. The first kappa shape index (κ1) is 26.9. The Labute approximate surface area is 227 Å². The number of methoxy groups -OCH3 is 1. The number of rotatable bonds is 9. The summed E-state index contributed by atoms with van der Waals surface area (Å²) in [5.74, 6) is 0.0381. The van der Waals surface area contributed by atoms with Crippen LogP contribution >= 0.6 is 11.6 Å². The summed E-state index contributed by atoms with van der Waals surface area (Å²) >= 11 is 6.04. The van der Waals surface area contributed by atoms with Crippen LogP contribution in [-0.4, -0.2) is 27.6 Å². The zero-order valence-corrected chi connectivity index (χ0v) is 22.4. The third-order valence-electron chi connectivity index (χ3n) is 5.77. The molecule has 0 saturated carbocycles. The van der Waals surface area contributed by atoms with E-state index in [1.54, 1.807) is 92.0 Å². The molecule has 1 N–H and O–H groups in total. The van der Waals surface area contributed by atoms with Crippen molar-refractivity contribution in [3.05, 3.63) is 124 Å². The molecule has 0 spiro atoms. The van der Waals surface area contributed by atoms with Crippen LogP contribution in [0.2, 0.25) is 5.02 Å². The van der Waals surface area contributed by atoms with Gasteiger partial charge in [-0.15, -0.1) is 0 Å². The minimum Gasteiger partial charge on any atom is -0.496 e. The standard InChI is InChI=1S/C29H26ClN3O4S/c1-21-11-17-25(18-12-21)38(35,36)33(20-22-13-15-24(30)16-14-22)27-9-5-4-8-26(27)29(34)32-31-19-23-7-3-6-10-28(23)37-2/h3-19H,20H2,1-2H3,(H,32,34)/b31-19-. The lowest BCUT2D eigenvalue weighted by Gasteiger charge is -2.26. The SMILES string of the molecule is COc1ccccc1/C=N\NC(=O)c1ccccc1N(Cc1ccc(Cl)cc1)S(=O)(=O)c1ccc(C)cc1. The van der Waals surface area contributed by atoms with Crippen molar-refractivity contribution in [3.8, 4) is 5.75 Å². The predicted molar refractivity (Wildman–Crippen MR) is 150 cm³/mol. The van der Waals surface area contributed by atoms with Gasteiger partial charge in [-0.2, -0.15) is 5.10 Å². The average Bonchev–Trinajstić information content (AvgIpc) is 2.93. The molecule has 0 unspecified atom stereocenters. The zero-order valence-electron chi connectivity index (χ0n) is 20.8. The molecule has 0 fully saturated rings. The number of ether oxygens (including phenoxy) is 1. The van der Waals surface area contributed by atoms with E-state index in [0.717, 1.165) is 5.56 Å². The maximum atomic E-state index is 13.9. The normalized spacial score (nSPS) is 11.3. The van der Waals surface area contributed by atoms with Crippen molar-refractivity contribution in [3.63, 3.8) is 0 Å². The Hall–Kier alpha value is -4.14. The molecule has 4 rings (SSSR count). The van der Waals surface area contributed by atoms with E-state index in [2.05, 4.69) is 10.5 Å². The molecule has 0 saturated heterocycles. The van der Waals surface area contributed by atoms with Gasteiger partial charge in [0.15, 0.2) is 0 Å². The number of hydrogen-bond acceptors (Lipinski definition) is 5. The highest BCUT2D eigenvalue weighted by atomic mass is 35.5. The minimum atomic E-state index is -4.04. The highest BCUT2D eigenvalue weighted by molar-refractivity contribution is 7.92. The number of sulfonamides is 1. The molecule has 0 aromatic heterocycles. The van der Waals surface area contributed by atoms with Gasteiger partial charge in [-0.3, -0.25) is 9.10 Å². The van der Waals surface area contributed by atoms with E-state index in [4.69, 9.17) is 16.3 Å². The summed E-state index contributed by atoms with van der Waals surface area (Å²) in [5.41, 5.74) is 5.17. The van der Waals surface area contributed by atoms with Crippen LogP contribution in [0.25, 0.3) is 0 Å². The lowest BCUT2D eigenvalue weighted by molar-refractivity contribution is 0.0955. The summed E-state index contributed by atoms with van der Waals surface area (Å²) in [4.78, 5) is 13.3. The van der Waals surface area contributed by atoms with Crippen LogP contribution in [0, 0.1) is 6.92 Å². The molecular weight excluding hydrogens is 522 g/mol. The van der Waals surface area contributed by atoms with Crippen molar-refractivity contribution in [2.24, 2.45) is 5.10 Å². The van der Waals surface area contributed by atoms with Crippen LogP contribution in [0.3, 0.4) is 0 Å². The molecule has 4 aromatic carbocycles. The van der Waals surface area contributed by atoms with Crippen molar-refractivity contribution in [2.45, 2.75) is 18.4 Å². The van der Waals surface area contributed by atoms with Crippen molar-refractivity contribution in [2.75, 3.05) is 11.4 Å². The molecule has 9 heteroatoms. The molecule has 38 heavy (non-hydrogen) atoms. The molecular formula is C29H26ClN3O4S. The number of hydrazone groups is 1. The van der Waals surface area contributed by atoms with Gasteiger partial charge in [-0.05, 0) is 61.0 Å². The Morgan fingerprint density at radius 1 is 0.947 bits per heavy atom. The van der Waals surface area contributed by atoms with Gasteiger partial charge >= 0.3 is 0 Å². The molecule has 0 radical (unpaired) electrons. The predicted octanol–water partition coefficient (Wildman–Crippen LogP) is 5.82. The molecule has 0 bridgehead atoms. The first-order chi connectivity index (χ1) is 18.3. The van der Waals surface area contributed by atoms with E-state index in [1.807, 2.05) is 19.1 Å². The number of carbonyl (C=O) groups excluding carboxylic acids is 1. The molecule has 0 heterocycles. The van der Waals surface area contributed by atoms with Crippen LogP contribution in [0.5, 0.6) is 5.75 Å². The topological polar surface area (TPSA) is 88.1 Å². The molecule has 7 nitrogen and oxygen atoms in total. The number of para-hydroxylation sites is 2. The first-order valence-electron chi connectivity index (χ1n) is 11.7. The van der Waals surface area contributed by atoms with E-state index in [1.165, 1.54) is 10.5 Å². The van der Waals surface area contributed by atoms with Gasteiger partial charge in [0.2, 0.25) is 0 Å². The van der Waals surface area contributed by atoms with E-state index in [-0.39, 0.29) is 22.7 Å². The van der Waals surface area contributed by atoms with Gasteiger partial charge in [-0.25, -0.2) is 13.8 Å². The van der Waals surface area contributed by atoms with Crippen LogP contribution < -0.4 is 14.5 Å². The number of nitrogens with one attached hydrogen (secondary N) is 1. The number of aryl methyl sites for hydroxylation is 1. The fourth-order valence-electron chi connectivity index (χ4n) is 3.77. The fraction of sp³-hybridized carbons (Fsp3) is 0.103. The molecule has 0 aliphatic rings. The quantitative estimate of drug-likeness (QED) is 0.211. The third-order valence-corrected chi connectivity index (χ3v) is 7.80. The van der Waals surface area contributed by atoms with Crippen molar-refractivity contribution in [1.29, 1.82) is 0 Å². The number of anilines is 1. The highest BCUT2D eigenvalue weighted by Gasteiger charge is 2.28. The lowest BCUT2D eigenvalue weighted by atomic mass is 10.1. The summed E-state index contributed by atoms with van der Waals surface area (Å²) < 4.78 is 34.3. The summed E-state index contributed by atoms with van der Waals surface area (Å²) in [5, 5.41) is 4.60. The summed E-state index contributed by atoms with van der Waals surface area (Å²) in [7, 11) is -2.50. The number of amides is 1. The highest BCUT2D eigenvalue weighted by Crippen LogP contribution is 2.30. The van der Waals surface area contributed by atoms with Crippen molar-refractivity contribution >= 4 is 39.4 Å². The smallest absolute Gasteiger partial charge is 0.273 e. The Balaban J connectivity index is 1.71. The third kappa shape index (κ3) is 6.22. The number of nitrogens with zero attached hydrogens (tertiary/aromatic N) is 2. The van der Waals surface area contributed by atoms with Gasteiger partial charge < -0.3 is 4.74 Å². The molecule has 194 valence electrons. The first-order valence-corrected chi connectivity index (χ1v) is 13.5. The van der Waals surface area contributed by atoms with Crippen LogP contribution in [-0.2, 0) is 16.6 Å². The Kier molecular flexibility index (Phi) is 8.45. The summed E-state index contributed by atoms with van der Waals surface area (Å²) in [6.07, 6.45) is 1.47. The summed E-state index contributed by atoms with van der Waals surface area (Å²) in [6.45, 7) is 1.87. The van der Waals surface area contributed by atoms with Crippen LogP contribution in [0.1, 0.15) is 27.0 Å². The van der Waals surface area contributed by atoms with Gasteiger partial charge in [-0.1, -0.05) is 65.7 Å². The second kappa shape index (κ2) is 11.9. The van der Waals surface area contributed by atoms with Crippen molar-refractivity contribution in [1.82, 2.24) is 5.43 Å². The molecule has 0 aliphatic carbocycles. The largest absolute Gasteiger partial charge is 0.496 e. The van der Waals surface area contributed by atoms with Gasteiger partial charge in [0.25, 0.3) is 15.9 Å². The van der Waals surface area contributed by atoms with E-state index < -0.39 is 15.9 Å². The van der Waals surface area contributed by atoms with E-state index in [9.17, 15) is 13.2 Å². The van der Waals surface area contributed by atoms with Gasteiger partial charge in [0, 0.05) is 10.6 Å². The Bertz CT molecular complexity index is 1550. The fourth-order valence-corrected chi connectivity index (χ4v) is 5.37. The minimum absolute atomic E-state index is 0.0118. The van der Waals surface area contributed by atoms with Gasteiger partial charge in [0.05, 0.1) is 36.0 Å². The van der Waals surface area contributed by atoms with Gasteiger partial charge in [0.1, 0.15) is 5.75 Å². The van der Waals surface area contributed by atoms with Crippen LogP contribution in [0.15, 0.2) is 107 Å². The second-order valence-electron chi connectivity index (χ2n) is 8.41. The zero-order chi connectivity index (χ0) is 27.1.